The second kappa shape index (κ2) is 3.96. The van der Waals surface area contributed by atoms with Gasteiger partial charge in [-0.25, -0.2) is 4.79 Å². The van der Waals surface area contributed by atoms with Crippen molar-refractivity contribution in [2.75, 3.05) is 13.1 Å². The zero-order valence-electron chi connectivity index (χ0n) is 11.4. The third-order valence-corrected chi connectivity index (χ3v) is 5.63. The first-order valence-corrected chi connectivity index (χ1v) is 7.53. The molecule has 2 unspecified atom stereocenters. The first-order chi connectivity index (χ1) is 9.61. The molecule has 2 aliphatic heterocycles. The summed E-state index contributed by atoms with van der Waals surface area (Å²) in [6.45, 7) is 1.14. The lowest BCUT2D eigenvalue weighted by atomic mass is 9.87. The van der Waals surface area contributed by atoms with Crippen molar-refractivity contribution in [1.82, 2.24) is 15.5 Å². The molecule has 0 aromatic carbocycles. The SMILES string of the molecule is O=C1NC(=O)C2(CCN(C(=O)C3C4CCCC43)CC2)N1. The van der Waals surface area contributed by atoms with E-state index in [1.54, 1.807) is 0 Å². The summed E-state index contributed by atoms with van der Waals surface area (Å²) in [6.07, 6.45) is 4.74. The van der Waals surface area contributed by atoms with E-state index in [4.69, 9.17) is 0 Å². The van der Waals surface area contributed by atoms with Gasteiger partial charge in [0.05, 0.1) is 0 Å². The Labute approximate surface area is 117 Å². The topological polar surface area (TPSA) is 78.5 Å². The van der Waals surface area contributed by atoms with Gasteiger partial charge < -0.3 is 10.2 Å². The van der Waals surface area contributed by atoms with Gasteiger partial charge in [-0.05, 0) is 37.5 Å². The number of amides is 4. The van der Waals surface area contributed by atoms with Crippen LogP contribution in [0.25, 0.3) is 0 Å². The number of urea groups is 1. The van der Waals surface area contributed by atoms with E-state index in [1.165, 1.54) is 19.3 Å². The lowest BCUT2D eigenvalue weighted by Crippen LogP contribution is -2.56. The second-order valence-electron chi connectivity index (χ2n) is 6.60. The molecule has 2 saturated carbocycles. The predicted octanol–water partition coefficient (Wildman–Crippen LogP) is 0.233. The van der Waals surface area contributed by atoms with Gasteiger partial charge in [-0.3, -0.25) is 14.9 Å². The fraction of sp³-hybridized carbons (Fsp3) is 0.786. The maximum atomic E-state index is 12.5. The molecule has 6 nitrogen and oxygen atoms in total. The Hall–Kier alpha value is -1.59. The Bertz CT molecular complexity index is 486. The largest absolute Gasteiger partial charge is 0.342 e. The highest BCUT2D eigenvalue weighted by molar-refractivity contribution is 6.07. The zero-order valence-corrected chi connectivity index (χ0v) is 11.4. The van der Waals surface area contributed by atoms with Gasteiger partial charge in [0.1, 0.15) is 5.54 Å². The molecule has 4 fully saturated rings. The Kier molecular flexibility index (Phi) is 2.41. The molecular weight excluding hydrogens is 258 g/mol. The standard InChI is InChI=1S/C14H19N3O3/c18-11(10-8-2-1-3-9(8)10)17-6-4-14(5-7-17)12(19)15-13(20)16-14/h8-10H,1-7H2,(H2,15,16,19,20). The van der Waals surface area contributed by atoms with Crippen LogP contribution in [0.2, 0.25) is 0 Å². The number of imide groups is 1. The molecule has 1 spiro atoms. The Morgan fingerprint density at radius 1 is 1.15 bits per heavy atom. The third-order valence-electron chi connectivity index (χ3n) is 5.63. The minimum Gasteiger partial charge on any atom is -0.342 e. The Balaban J connectivity index is 1.39. The number of likely N-dealkylation sites (tertiary alicyclic amines) is 1. The molecule has 0 aromatic heterocycles. The molecule has 4 amide bonds. The Morgan fingerprint density at radius 3 is 2.35 bits per heavy atom. The van der Waals surface area contributed by atoms with Crippen LogP contribution in [0, 0.1) is 17.8 Å². The van der Waals surface area contributed by atoms with Crippen LogP contribution in [0.5, 0.6) is 0 Å². The highest BCUT2D eigenvalue weighted by Gasteiger charge is 2.58. The monoisotopic (exact) mass is 277 g/mol. The second-order valence-corrected chi connectivity index (χ2v) is 6.60. The quantitative estimate of drug-likeness (QED) is 0.674. The van der Waals surface area contributed by atoms with Gasteiger partial charge in [0.15, 0.2) is 0 Å². The van der Waals surface area contributed by atoms with E-state index < -0.39 is 11.6 Å². The van der Waals surface area contributed by atoms with Crippen molar-refractivity contribution < 1.29 is 14.4 Å². The van der Waals surface area contributed by atoms with E-state index in [9.17, 15) is 14.4 Å². The van der Waals surface area contributed by atoms with E-state index >= 15 is 0 Å². The molecule has 2 N–H and O–H groups in total. The first kappa shape index (κ1) is 12.2. The van der Waals surface area contributed by atoms with Crippen LogP contribution in [0.4, 0.5) is 4.79 Å². The van der Waals surface area contributed by atoms with Gasteiger partial charge in [0.2, 0.25) is 5.91 Å². The summed E-state index contributed by atoms with van der Waals surface area (Å²) in [4.78, 5) is 37.5. The van der Waals surface area contributed by atoms with Gasteiger partial charge in [0, 0.05) is 19.0 Å². The van der Waals surface area contributed by atoms with E-state index in [-0.39, 0.29) is 17.7 Å². The molecule has 4 aliphatic rings. The van der Waals surface area contributed by atoms with Crippen molar-refractivity contribution >= 4 is 17.8 Å². The number of hydrogen-bond acceptors (Lipinski definition) is 3. The smallest absolute Gasteiger partial charge is 0.322 e. The van der Waals surface area contributed by atoms with E-state index in [2.05, 4.69) is 10.6 Å². The predicted molar refractivity (Wildman–Crippen MR) is 69.5 cm³/mol. The van der Waals surface area contributed by atoms with Crippen molar-refractivity contribution in [3.05, 3.63) is 0 Å². The zero-order chi connectivity index (χ0) is 13.9. The highest BCUT2D eigenvalue weighted by atomic mass is 16.2. The van der Waals surface area contributed by atoms with Gasteiger partial charge in [0.25, 0.3) is 5.91 Å². The number of nitrogens with zero attached hydrogens (tertiary/aromatic N) is 1. The van der Waals surface area contributed by atoms with Crippen molar-refractivity contribution in [3.63, 3.8) is 0 Å². The number of hydrogen-bond donors (Lipinski definition) is 2. The van der Waals surface area contributed by atoms with Crippen LogP contribution >= 0.6 is 0 Å². The van der Waals surface area contributed by atoms with E-state index in [0.717, 1.165) is 0 Å². The number of rotatable bonds is 1. The minimum atomic E-state index is -0.771. The molecule has 2 saturated heterocycles. The molecule has 20 heavy (non-hydrogen) atoms. The van der Waals surface area contributed by atoms with Crippen LogP contribution in [0.3, 0.4) is 0 Å². The summed E-state index contributed by atoms with van der Waals surface area (Å²) in [6, 6.07) is -0.411. The fourth-order valence-electron chi connectivity index (χ4n) is 4.39. The fourth-order valence-corrected chi connectivity index (χ4v) is 4.39. The normalized spacial score (nSPS) is 37.6. The summed E-state index contributed by atoms with van der Waals surface area (Å²) < 4.78 is 0. The summed E-state index contributed by atoms with van der Waals surface area (Å²) in [5.74, 6) is 1.56. The minimum absolute atomic E-state index is 0.238. The molecular formula is C14H19N3O3. The lowest BCUT2D eigenvalue weighted by molar-refractivity contribution is -0.137. The molecule has 0 radical (unpaired) electrons. The molecule has 2 atom stereocenters. The van der Waals surface area contributed by atoms with Gasteiger partial charge in [-0.1, -0.05) is 6.42 Å². The van der Waals surface area contributed by atoms with Gasteiger partial charge >= 0.3 is 6.03 Å². The first-order valence-electron chi connectivity index (χ1n) is 7.53. The molecule has 4 rings (SSSR count). The number of nitrogens with one attached hydrogen (secondary N) is 2. The van der Waals surface area contributed by atoms with Crippen molar-refractivity contribution in [2.24, 2.45) is 17.8 Å². The average molecular weight is 277 g/mol. The van der Waals surface area contributed by atoms with E-state index in [1.807, 2.05) is 4.90 Å². The molecule has 0 aromatic rings. The van der Waals surface area contributed by atoms with Crippen LogP contribution in [-0.4, -0.2) is 41.4 Å². The molecule has 2 heterocycles. The van der Waals surface area contributed by atoms with Crippen LogP contribution in [0.15, 0.2) is 0 Å². The third kappa shape index (κ3) is 1.60. The Morgan fingerprint density at radius 2 is 1.80 bits per heavy atom. The van der Waals surface area contributed by atoms with Gasteiger partial charge in [-0.2, -0.15) is 0 Å². The van der Waals surface area contributed by atoms with Gasteiger partial charge in [-0.15, -0.1) is 0 Å². The van der Waals surface area contributed by atoms with Crippen LogP contribution in [-0.2, 0) is 9.59 Å². The summed E-state index contributed by atoms with van der Waals surface area (Å²) >= 11 is 0. The van der Waals surface area contributed by atoms with E-state index in [0.29, 0.717) is 37.8 Å². The number of carbonyl (C=O) groups excluding carboxylic acids is 3. The molecule has 2 aliphatic carbocycles. The van der Waals surface area contributed by atoms with Crippen LogP contribution < -0.4 is 10.6 Å². The summed E-state index contributed by atoms with van der Waals surface area (Å²) in [7, 11) is 0. The molecule has 0 bridgehead atoms. The number of carbonyl (C=O) groups is 3. The number of piperidine rings is 1. The van der Waals surface area contributed by atoms with Crippen LogP contribution in [0.1, 0.15) is 32.1 Å². The summed E-state index contributed by atoms with van der Waals surface area (Å²) in [5.41, 5.74) is -0.771. The maximum absolute atomic E-state index is 12.5. The van der Waals surface area contributed by atoms with Crippen molar-refractivity contribution in [1.29, 1.82) is 0 Å². The molecule has 108 valence electrons. The average Bonchev–Trinajstić information content (AvgIpc) is 2.76. The van der Waals surface area contributed by atoms with Crippen molar-refractivity contribution in [2.45, 2.75) is 37.6 Å². The lowest BCUT2D eigenvalue weighted by Gasteiger charge is -2.37. The highest BCUT2D eigenvalue weighted by Crippen LogP contribution is 2.58. The number of fused-ring (bicyclic) bond motifs is 1. The molecule has 6 heteroatoms. The summed E-state index contributed by atoms with van der Waals surface area (Å²) in [5, 5.41) is 5.02. The maximum Gasteiger partial charge on any atom is 0.322 e. The van der Waals surface area contributed by atoms with Crippen molar-refractivity contribution in [3.8, 4) is 0 Å².